The number of carbonyl (C=O) groups excluding carboxylic acids is 1. The third-order valence-electron chi connectivity index (χ3n) is 3.89. The highest BCUT2D eigenvalue weighted by atomic mass is 35.5. The van der Waals surface area contributed by atoms with Crippen molar-refractivity contribution < 1.29 is 14.3 Å². The van der Waals surface area contributed by atoms with Crippen LogP contribution >= 0.6 is 23.2 Å². The van der Waals surface area contributed by atoms with Gasteiger partial charge < -0.3 is 14.8 Å². The van der Waals surface area contributed by atoms with Crippen LogP contribution < -0.4 is 14.8 Å². The van der Waals surface area contributed by atoms with Gasteiger partial charge in [-0.15, -0.1) is 0 Å². The Bertz CT molecular complexity index is 963. The van der Waals surface area contributed by atoms with E-state index in [1.165, 1.54) is 0 Å². The van der Waals surface area contributed by atoms with Crippen molar-refractivity contribution in [3.05, 3.63) is 58.7 Å². The molecule has 2 aromatic carbocycles. The van der Waals surface area contributed by atoms with E-state index in [0.29, 0.717) is 46.7 Å². The van der Waals surface area contributed by atoms with E-state index >= 15 is 0 Å². The van der Waals surface area contributed by atoms with Gasteiger partial charge in [0.2, 0.25) is 5.91 Å². The molecule has 0 radical (unpaired) electrons. The molecule has 0 aliphatic heterocycles. The Morgan fingerprint density at radius 1 is 1.19 bits per heavy atom. The quantitative estimate of drug-likeness (QED) is 0.539. The van der Waals surface area contributed by atoms with Crippen LogP contribution in [0.3, 0.4) is 0 Å². The summed E-state index contributed by atoms with van der Waals surface area (Å²) >= 11 is 11.9. The molecule has 5 nitrogen and oxygen atoms in total. The molecule has 3 rings (SSSR count). The van der Waals surface area contributed by atoms with Crippen molar-refractivity contribution in [1.82, 2.24) is 4.98 Å². The van der Waals surface area contributed by atoms with E-state index in [9.17, 15) is 4.79 Å². The van der Waals surface area contributed by atoms with Crippen LogP contribution in [0, 0.1) is 0 Å². The first-order chi connectivity index (χ1) is 13.1. The molecule has 0 spiro atoms. The standard InChI is InChI=1S/C20H18Cl2N2O3/c1-26-15-10-13-4-2-8-23-20(13)17(12-15)24-19(25)5-3-9-27-18-7-6-14(21)11-16(18)22/h2,4,6-8,10-12H,3,5,9H2,1H3,(H,24,25). The Morgan fingerprint density at radius 3 is 2.81 bits per heavy atom. The molecule has 0 saturated carbocycles. The van der Waals surface area contributed by atoms with Crippen molar-refractivity contribution >= 4 is 45.7 Å². The number of hydrogen-bond donors (Lipinski definition) is 1. The Kier molecular flexibility index (Phi) is 6.37. The van der Waals surface area contributed by atoms with E-state index in [4.69, 9.17) is 32.7 Å². The Balaban J connectivity index is 1.57. The van der Waals surface area contributed by atoms with E-state index in [1.807, 2.05) is 18.2 Å². The maximum absolute atomic E-state index is 12.3. The smallest absolute Gasteiger partial charge is 0.224 e. The molecule has 1 N–H and O–H groups in total. The van der Waals surface area contributed by atoms with Gasteiger partial charge in [0.05, 0.1) is 29.9 Å². The molecular weight excluding hydrogens is 387 g/mol. The third kappa shape index (κ3) is 5.02. The summed E-state index contributed by atoms with van der Waals surface area (Å²) in [7, 11) is 1.59. The van der Waals surface area contributed by atoms with Crippen LogP contribution in [0.4, 0.5) is 5.69 Å². The number of halogens is 2. The van der Waals surface area contributed by atoms with Crippen LogP contribution in [0.2, 0.25) is 10.0 Å². The average molecular weight is 405 g/mol. The summed E-state index contributed by atoms with van der Waals surface area (Å²) < 4.78 is 10.9. The Labute approximate surface area is 167 Å². The molecule has 0 saturated heterocycles. The Hall–Kier alpha value is -2.50. The molecule has 0 unspecified atom stereocenters. The lowest BCUT2D eigenvalue weighted by atomic mass is 10.1. The summed E-state index contributed by atoms with van der Waals surface area (Å²) in [5.41, 5.74) is 1.34. The highest BCUT2D eigenvalue weighted by molar-refractivity contribution is 6.35. The number of benzene rings is 2. The third-order valence-corrected chi connectivity index (χ3v) is 4.42. The van der Waals surface area contributed by atoms with E-state index in [1.54, 1.807) is 37.6 Å². The summed E-state index contributed by atoms with van der Waals surface area (Å²) in [6, 6.07) is 12.4. The van der Waals surface area contributed by atoms with Gasteiger partial charge in [-0.05, 0) is 36.8 Å². The molecule has 7 heteroatoms. The minimum atomic E-state index is -0.124. The van der Waals surface area contributed by atoms with Gasteiger partial charge in [0.1, 0.15) is 11.5 Å². The molecule has 1 amide bonds. The van der Waals surface area contributed by atoms with E-state index in [2.05, 4.69) is 10.3 Å². The lowest BCUT2D eigenvalue weighted by Gasteiger charge is -2.11. The number of ether oxygens (including phenoxy) is 2. The predicted octanol–water partition coefficient (Wildman–Crippen LogP) is 5.35. The largest absolute Gasteiger partial charge is 0.497 e. The van der Waals surface area contributed by atoms with Crippen molar-refractivity contribution in [3.63, 3.8) is 0 Å². The Morgan fingerprint density at radius 2 is 2.04 bits per heavy atom. The fourth-order valence-electron chi connectivity index (χ4n) is 2.60. The van der Waals surface area contributed by atoms with Crippen LogP contribution in [0.15, 0.2) is 48.7 Å². The summed E-state index contributed by atoms with van der Waals surface area (Å²) in [6.45, 7) is 0.367. The number of pyridine rings is 1. The van der Waals surface area contributed by atoms with Crippen LogP contribution in [0.5, 0.6) is 11.5 Å². The van der Waals surface area contributed by atoms with Crippen molar-refractivity contribution in [3.8, 4) is 11.5 Å². The minimum Gasteiger partial charge on any atom is -0.497 e. The molecule has 0 aliphatic rings. The number of fused-ring (bicyclic) bond motifs is 1. The maximum Gasteiger partial charge on any atom is 0.224 e. The zero-order valence-corrected chi connectivity index (χ0v) is 16.2. The van der Waals surface area contributed by atoms with E-state index in [0.717, 1.165) is 10.9 Å². The van der Waals surface area contributed by atoms with Crippen molar-refractivity contribution in [2.45, 2.75) is 12.8 Å². The number of hydrogen-bond acceptors (Lipinski definition) is 4. The van der Waals surface area contributed by atoms with Crippen LogP contribution in [-0.2, 0) is 4.79 Å². The number of rotatable bonds is 7. The van der Waals surface area contributed by atoms with Gasteiger partial charge in [-0.3, -0.25) is 9.78 Å². The highest BCUT2D eigenvalue weighted by Crippen LogP contribution is 2.29. The van der Waals surface area contributed by atoms with Crippen LogP contribution in [0.1, 0.15) is 12.8 Å². The molecule has 3 aromatic rings. The molecule has 0 fully saturated rings. The molecule has 1 heterocycles. The summed E-state index contributed by atoms with van der Waals surface area (Å²) in [6.07, 6.45) is 2.53. The van der Waals surface area contributed by atoms with Crippen molar-refractivity contribution in [1.29, 1.82) is 0 Å². The zero-order chi connectivity index (χ0) is 19.2. The fourth-order valence-corrected chi connectivity index (χ4v) is 3.06. The van der Waals surface area contributed by atoms with Gasteiger partial charge in [-0.25, -0.2) is 0 Å². The lowest BCUT2D eigenvalue weighted by molar-refractivity contribution is -0.116. The average Bonchev–Trinajstić information content (AvgIpc) is 2.66. The molecular formula is C20H18Cl2N2O3. The molecule has 0 atom stereocenters. The lowest BCUT2D eigenvalue weighted by Crippen LogP contribution is -2.13. The zero-order valence-electron chi connectivity index (χ0n) is 14.7. The topological polar surface area (TPSA) is 60.5 Å². The first-order valence-corrected chi connectivity index (χ1v) is 9.13. The second kappa shape index (κ2) is 8.93. The van der Waals surface area contributed by atoms with Gasteiger partial charge in [0.15, 0.2) is 0 Å². The maximum atomic E-state index is 12.3. The predicted molar refractivity (Wildman–Crippen MR) is 108 cm³/mol. The number of methoxy groups -OCH3 is 1. The second-order valence-corrected chi connectivity index (χ2v) is 6.67. The number of nitrogens with one attached hydrogen (secondary N) is 1. The molecule has 0 bridgehead atoms. The molecule has 27 heavy (non-hydrogen) atoms. The monoisotopic (exact) mass is 404 g/mol. The number of nitrogens with zero attached hydrogens (tertiary/aromatic N) is 1. The number of aromatic nitrogens is 1. The normalized spacial score (nSPS) is 10.6. The molecule has 0 aliphatic carbocycles. The van der Waals surface area contributed by atoms with Gasteiger partial charge >= 0.3 is 0 Å². The van der Waals surface area contributed by atoms with Crippen LogP contribution in [0.25, 0.3) is 10.9 Å². The number of carbonyl (C=O) groups is 1. The first kappa shape index (κ1) is 19.3. The van der Waals surface area contributed by atoms with Gasteiger partial charge in [-0.1, -0.05) is 29.3 Å². The van der Waals surface area contributed by atoms with E-state index < -0.39 is 0 Å². The fraction of sp³-hybridized carbons (Fsp3) is 0.200. The van der Waals surface area contributed by atoms with Crippen LogP contribution in [-0.4, -0.2) is 24.6 Å². The van der Waals surface area contributed by atoms with E-state index in [-0.39, 0.29) is 5.91 Å². The second-order valence-electron chi connectivity index (χ2n) is 5.83. The first-order valence-electron chi connectivity index (χ1n) is 8.37. The molecule has 140 valence electrons. The molecule has 1 aromatic heterocycles. The van der Waals surface area contributed by atoms with Crippen molar-refractivity contribution in [2.24, 2.45) is 0 Å². The van der Waals surface area contributed by atoms with Gasteiger partial charge in [0, 0.05) is 29.1 Å². The summed E-state index contributed by atoms with van der Waals surface area (Å²) in [5.74, 6) is 1.08. The summed E-state index contributed by atoms with van der Waals surface area (Å²) in [5, 5.41) is 4.79. The van der Waals surface area contributed by atoms with Gasteiger partial charge in [-0.2, -0.15) is 0 Å². The van der Waals surface area contributed by atoms with Crippen molar-refractivity contribution in [2.75, 3.05) is 19.0 Å². The summed E-state index contributed by atoms with van der Waals surface area (Å²) in [4.78, 5) is 16.6. The minimum absolute atomic E-state index is 0.124. The number of amides is 1. The van der Waals surface area contributed by atoms with Gasteiger partial charge in [0.25, 0.3) is 0 Å². The number of anilines is 1. The SMILES string of the molecule is COc1cc(NC(=O)CCCOc2ccc(Cl)cc2Cl)c2ncccc2c1. The highest BCUT2D eigenvalue weighted by Gasteiger charge is 2.10.